The highest BCUT2D eigenvalue weighted by Gasteiger charge is 2.66. The van der Waals surface area contributed by atoms with Crippen LogP contribution in [0, 0.1) is 23.2 Å². The number of rotatable bonds is 1. The van der Waals surface area contributed by atoms with Crippen LogP contribution in [0.15, 0.2) is 0 Å². The fraction of sp³-hybridized carbons (Fsp3) is 0.909. The van der Waals surface area contributed by atoms with Crippen molar-refractivity contribution in [3.8, 4) is 0 Å². The van der Waals surface area contributed by atoms with Gasteiger partial charge in [-0.1, -0.05) is 0 Å². The molecule has 0 heterocycles. The molecule has 4 heteroatoms. The second-order valence-corrected chi connectivity index (χ2v) is 5.60. The fourth-order valence-corrected chi connectivity index (χ4v) is 4.16. The summed E-state index contributed by atoms with van der Waals surface area (Å²) in [5.74, 6) is -4.55. The van der Waals surface area contributed by atoms with Crippen LogP contribution in [0.1, 0.15) is 32.1 Å². The molecule has 2 atom stereocenters. The minimum Gasteiger partial charge on any atom is -0.481 e. The Hall–Kier alpha value is -0.670. The van der Waals surface area contributed by atoms with E-state index in [4.69, 9.17) is 0 Å². The van der Waals surface area contributed by atoms with Gasteiger partial charge in [-0.15, -0.1) is 0 Å². The molecule has 0 aromatic rings. The predicted octanol–water partition coefficient (Wildman–Crippen LogP) is 2.53. The van der Waals surface area contributed by atoms with Crippen LogP contribution in [-0.2, 0) is 4.79 Å². The molecule has 0 saturated heterocycles. The minimum atomic E-state index is -2.60. The van der Waals surface area contributed by atoms with Crippen molar-refractivity contribution in [1.82, 2.24) is 0 Å². The molecule has 4 bridgehead atoms. The Labute approximate surface area is 86.7 Å². The van der Waals surface area contributed by atoms with Crippen LogP contribution in [0.5, 0.6) is 0 Å². The van der Waals surface area contributed by atoms with E-state index in [-0.39, 0.29) is 18.8 Å². The lowest BCUT2D eigenvalue weighted by atomic mass is 9.48. The zero-order valence-electron chi connectivity index (χ0n) is 8.38. The lowest BCUT2D eigenvalue weighted by Crippen LogP contribution is -2.59. The van der Waals surface area contributed by atoms with E-state index in [2.05, 4.69) is 0 Å². The van der Waals surface area contributed by atoms with Gasteiger partial charge in [-0.25, -0.2) is 8.78 Å². The Kier molecular flexibility index (Phi) is 1.61. The van der Waals surface area contributed by atoms with E-state index < -0.39 is 29.1 Å². The number of alkyl halides is 2. The number of halogens is 2. The zero-order chi connectivity index (χ0) is 10.8. The average molecular weight is 216 g/mol. The van der Waals surface area contributed by atoms with Gasteiger partial charge in [0.05, 0.1) is 5.41 Å². The first-order chi connectivity index (χ1) is 6.94. The van der Waals surface area contributed by atoms with Gasteiger partial charge in [-0.05, 0) is 38.0 Å². The largest absolute Gasteiger partial charge is 0.481 e. The standard InChI is InChI=1S/C11H14F2O2/c12-11(13)7-1-6-2-8(11)5-10(3-6,4-7)9(14)15/h6-8H,1-5H2,(H,14,15). The number of carboxylic acids is 1. The maximum atomic E-state index is 13.7. The molecule has 15 heavy (non-hydrogen) atoms. The summed E-state index contributed by atoms with van der Waals surface area (Å²) in [6.07, 6.45) is 2.10. The first-order valence-corrected chi connectivity index (χ1v) is 5.55. The van der Waals surface area contributed by atoms with Crippen molar-refractivity contribution in [2.45, 2.75) is 38.0 Å². The molecular formula is C11H14F2O2. The van der Waals surface area contributed by atoms with Gasteiger partial charge < -0.3 is 5.11 Å². The van der Waals surface area contributed by atoms with Crippen molar-refractivity contribution in [2.24, 2.45) is 23.2 Å². The van der Waals surface area contributed by atoms with Gasteiger partial charge >= 0.3 is 5.97 Å². The molecule has 4 saturated carbocycles. The topological polar surface area (TPSA) is 37.3 Å². The summed E-state index contributed by atoms with van der Waals surface area (Å²) < 4.78 is 27.5. The van der Waals surface area contributed by atoms with Crippen molar-refractivity contribution in [3.05, 3.63) is 0 Å². The van der Waals surface area contributed by atoms with Crippen molar-refractivity contribution < 1.29 is 18.7 Å². The molecule has 0 aromatic heterocycles. The van der Waals surface area contributed by atoms with E-state index in [0.717, 1.165) is 0 Å². The molecular weight excluding hydrogens is 202 g/mol. The average Bonchev–Trinajstić information content (AvgIpc) is 2.13. The Balaban J connectivity index is 2.00. The van der Waals surface area contributed by atoms with Crippen LogP contribution in [0.25, 0.3) is 0 Å². The first kappa shape index (κ1) is 9.55. The van der Waals surface area contributed by atoms with Crippen LogP contribution in [0.3, 0.4) is 0 Å². The van der Waals surface area contributed by atoms with E-state index >= 15 is 0 Å². The molecule has 2 nitrogen and oxygen atoms in total. The molecule has 4 rings (SSSR count). The highest BCUT2D eigenvalue weighted by Crippen LogP contribution is 2.65. The Bertz CT molecular complexity index is 309. The second kappa shape index (κ2) is 2.53. The lowest BCUT2D eigenvalue weighted by Gasteiger charge is -2.57. The van der Waals surface area contributed by atoms with Crippen molar-refractivity contribution in [1.29, 1.82) is 0 Å². The van der Waals surface area contributed by atoms with Crippen LogP contribution in [-0.4, -0.2) is 17.0 Å². The van der Waals surface area contributed by atoms with Gasteiger partial charge in [0.25, 0.3) is 5.92 Å². The quantitative estimate of drug-likeness (QED) is 0.731. The molecule has 4 fully saturated rings. The summed E-state index contributed by atoms with van der Waals surface area (Å²) in [5.41, 5.74) is -0.807. The monoisotopic (exact) mass is 216 g/mol. The molecule has 2 unspecified atom stereocenters. The van der Waals surface area contributed by atoms with E-state index in [1.54, 1.807) is 0 Å². The van der Waals surface area contributed by atoms with Crippen LogP contribution in [0.4, 0.5) is 8.78 Å². The van der Waals surface area contributed by atoms with E-state index in [0.29, 0.717) is 19.3 Å². The molecule has 4 aliphatic rings. The Morgan fingerprint density at radius 1 is 1.13 bits per heavy atom. The SMILES string of the molecule is O=C(O)C12CC3CC(C1)C(F)(F)C(C3)C2. The third-order valence-electron chi connectivity index (χ3n) is 4.73. The number of hydrogen-bond acceptors (Lipinski definition) is 1. The maximum Gasteiger partial charge on any atom is 0.309 e. The highest BCUT2D eigenvalue weighted by molar-refractivity contribution is 5.75. The number of hydrogen-bond donors (Lipinski definition) is 1. The number of carbonyl (C=O) groups is 1. The number of aliphatic carboxylic acids is 1. The molecule has 0 amide bonds. The highest BCUT2D eigenvalue weighted by atomic mass is 19.3. The molecule has 0 aromatic carbocycles. The van der Waals surface area contributed by atoms with Crippen LogP contribution < -0.4 is 0 Å². The summed E-state index contributed by atoms with van der Waals surface area (Å²) in [4.78, 5) is 11.2. The lowest BCUT2D eigenvalue weighted by molar-refractivity contribution is -0.230. The van der Waals surface area contributed by atoms with Gasteiger partial charge in [-0.3, -0.25) is 4.79 Å². The smallest absolute Gasteiger partial charge is 0.309 e. The normalized spacial score (nSPS) is 50.7. The number of carboxylic acid groups (broad SMARTS) is 1. The summed E-state index contributed by atoms with van der Waals surface area (Å²) >= 11 is 0. The zero-order valence-corrected chi connectivity index (χ0v) is 8.38. The first-order valence-electron chi connectivity index (χ1n) is 5.55. The summed E-state index contributed by atoms with van der Waals surface area (Å²) in [6, 6.07) is 0. The Morgan fingerprint density at radius 2 is 1.67 bits per heavy atom. The van der Waals surface area contributed by atoms with E-state index in [1.165, 1.54) is 0 Å². The van der Waals surface area contributed by atoms with Crippen LogP contribution in [0.2, 0.25) is 0 Å². The maximum absolute atomic E-state index is 13.7. The third kappa shape index (κ3) is 1.05. The molecule has 0 radical (unpaired) electrons. The van der Waals surface area contributed by atoms with Gasteiger partial charge in [-0.2, -0.15) is 0 Å². The summed E-state index contributed by atoms with van der Waals surface area (Å²) in [6.45, 7) is 0. The molecule has 0 spiro atoms. The van der Waals surface area contributed by atoms with Crippen molar-refractivity contribution >= 4 is 5.97 Å². The van der Waals surface area contributed by atoms with E-state index in [9.17, 15) is 18.7 Å². The fourth-order valence-electron chi connectivity index (χ4n) is 4.16. The van der Waals surface area contributed by atoms with Crippen molar-refractivity contribution in [3.63, 3.8) is 0 Å². The third-order valence-corrected chi connectivity index (χ3v) is 4.73. The second-order valence-electron chi connectivity index (χ2n) is 5.60. The van der Waals surface area contributed by atoms with Gasteiger partial charge in [0.2, 0.25) is 0 Å². The van der Waals surface area contributed by atoms with E-state index in [1.807, 2.05) is 0 Å². The summed E-state index contributed by atoms with van der Waals surface area (Å²) in [5, 5.41) is 9.20. The van der Waals surface area contributed by atoms with Gasteiger partial charge in [0.15, 0.2) is 0 Å². The summed E-state index contributed by atoms with van der Waals surface area (Å²) in [7, 11) is 0. The minimum absolute atomic E-state index is 0.197. The predicted molar refractivity (Wildman–Crippen MR) is 48.6 cm³/mol. The van der Waals surface area contributed by atoms with Gasteiger partial charge in [0.1, 0.15) is 0 Å². The van der Waals surface area contributed by atoms with Crippen LogP contribution >= 0.6 is 0 Å². The van der Waals surface area contributed by atoms with Gasteiger partial charge in [0, 0.05) is 11.8 Å². The van der Waals surface area contributed by atoms with Crippen molar-refractivity contribution in [2.75, 3.05) is 0 Å². The molecule has 0 aliphatic heterocycles. The Morgan fingerprint density at radius 3 is 2.13 bits per heavy atom. The molecule has 1 N–H and O–H groups in total. The molecule has 4 aliphatic carbocycles. The molecule has 84 valence electrons.